The van der Waals surface area contributed by atoms with E-state index in [-0.39, 0.29) is 34.5 Å². The van der Waals surface area contributed by atoms with Gasteiger partial charge in [-0.15, -0.1) is 11.8 Å². The van der Waals surface area contributed by atoms with Crippen LogP contribution in [0.2, 0.25) is 0 Å². The second kappa shape index (κ2) is 8.75. The first kappa shape index (κ1) is 22.9. The van der Waals surface area contributed by atoms with Crippen molar-refractivity contribution in [2.75, 3.05) is 0 Å². The number of esters is 1. The Morgan fingerprint density at radius 3 is 2.82 bits per heavy atom. The fourth-order valence-electron chi connectivity index (χ4n) is 4.47. The summed E-state index contributed by atoms with van der Waals surface area (Å²) in [6, 6.07) is 5.78. The van der Waals surface area contributed by atoms with Gasteiger partial charge in [0.25, 0.3) is 5.69 Å². The maximum atomic E-state index is 13.2. The Morgan fingerprint density at radius 1 is 1.41 bits per heavy atom. The lowest BCUT2D eigenvalue weighted by Crippen LogP contribution is -2.60. The number of imidazole rings is 1. The Hall–Kier alpha value is -2.83. The second-order valence-electron chi connectivity index (χ2n) is 8.54. The minimum atomic E-state index is -0.814. The summed E-state index contributed by atoms with van der Waals surface area (Å²) >= 11 is 2.98. The van der Waals surface area contributed by atoms with Gasteiger partial charge in [-0.1, -0.05) is 11.8 Å². The van der Waals surface area contributed by atoms with Gasteiger partial charge >= 0.3 is 5.97 Å². The van der Waals surface area contributed by atoms with Gasteiger partial charge in [0, 0.05) is 18.6 Å². The molecule has 3 aliphatic rings. The highest BCUT2D eigenvalue weighted by molar-refractivity contribution is 8.22. The number of rotatable bonds is 7. The summed E-state index contributed by atoms with van der Waals surface area (Å²) in [6.45, 7) is 2.40. The first-order valence-corrected chi connectivity index (χ1v) is 12.5. The molecule has 4 atom stereocenters. The van der Waals surface area contributed by atoms with Crippen LogP contribution >= 0.6 is 23.5 Å². The summed E-state index contributed by atoms with van der Waals surface area (Å²) in [7, 11) is 1.97. The number of benzene rings is 1. The van der Waals surface area contributed by atoms with E-state index in [2.05, 4.69) is 10.8 Å². The number of nitro groups is 1. The molecule has 0 bridgehead atoms. The third-order valence-corrected chi connectivity index (χ3v) is 9.08. The number of aryl methyl sites for hydroxylation is 2. The minimum Gasteiger partial charge on any atom is -0.456 e. The fourth-order valence-corrected chi connectivity index (χ4v) is 7.74. The Labute approximate surface area is 203 Å². The number of nitro benzene ring substituents is 1. The van der Waals surface area contributed by atoms with Gasteiger partial charge in [0.15, 0.2) is 11.4 Å². The number of carbonyl (C=O) groups is 2. The quantitative estimate of drug-likeness (QED) is 0.201. The van der Waals surface area contributed by atoms with Crippen LogP contribution in [0.1, 0.15) is 29.9 Å². The van der Waals surface area contributed by atoms with Crippen molar-refractivity contribution in [1.82, 2.24) is 9.47 Å². The number of aromatic nitrogens is 2. The predicted molar refractivity (Wildman–Crippen MR) is 124 cm³/mol. The molecule has 3 aliphatic heterocycles. The van der Waals surface area contributed by atoms with Crippen molar-refractivity contribution in [3.05, 3.63) is 68.1 Å². The van der Waals surface area contributed by atoms with Gasteiger partial charge in [0.1, 0.15) is 18.2 Å². The van der Waals surface area contributed by atoms with E-state index in [4.69, 9.17) is 4.74 Å². The molecule has 4 heterocycles. The Morgan fingerprint density at radius 2 is 2.15 bits per heavy atom. The van der Waals surface area contributed by atoms with E-state index in [1.807, 2.05) is 17.9 Å². The van der Waals surface area contributed by atoms with Gasteiger partial charge in [-0.2, -0.15) is 0 Å². The number of ether oxygens (including phenoxy) is 1. The number of hydrogen-bond donors (Lipinski definition) is 1. The van der Waals surface area contributed by atoms with E-state index >= 15 is 0 Å². The Balaban J connectivity index is 1.37. The van der Waals surface area contributed by atoms with Gasteiger partial charge in [-0.3, -0.25) is 19.8 Å². The standard InChI is InChI=1S/C22H23N4O6S2/c1-12(27)17-19(28)25-18(21(29)32-10-13-3-5-14(6-4-13)26(30)31)22(34-20(17)25)33-16-7-8-24-11-23(2)9-15(16)24/h3-6,9,11-12,16-17,20,27H,7-8,10H2,1-2H3/q+1/t12-,16?,17+,20-/m1/s1. The maximum Gasteiger partial charge on any atom is 0.357 e. The van der Waals surface area contributed by atoms with Gasteiger partial charge in [0.05, 0.1) is 40.0 Å². The van der Waals surface area contributed by atoms with Crippen LogP contribution in [0.15, 0.2) is 46.7 Å². The molecule has 10 nitrogen and oxygen atoms in total. The number of aliphatic hydroxyl groups excluding tert-OH is 1. The summed E-state index contributed by atoms with van der Waals surface area (Å²) in [4.78, 5) is 37.7. The number of hydrogen-bond acceptors (Lipinski definition) is 8. The largest absolute Gasteiger partial charge is 0.456 e. The predicted octanol–water partition coefficient (Wildman–Crippen LogP) is 2.22. The van der Waals surface area contributed by atoms with Crippen molar-refractivity contribution in [2.45, 2.75) is 43.2 Å². The van der Waals surface area contributed by atoms with Gasteiger partial charge < -0.3 is 9.84 Å². The average molecular weight is 504 g/mol. The number of fused-ring (bicyclic) bond motifs is 2. The molecule has 0 radical (unpaired) electrons. The topological polar surface area (TPSA) is 119 Å². The summed E-state index contributed by atoms with van der Waals surface area (Å²) < 4.78 is 10.4. The van der Waals surface area contributed by atoms with E-state index in [0.29, 0.717) is 5.56 Å². The summed E-state index contributed by atoms with van der Waals surface area (Å²) in [5, 5.41) is 20.7. The fraction of sp³-hybridized carbons (Fsp3) is 0.409. The zero-order chi connectivity index (χ0) is 24.1. The normalized spacial score (nSPS) is 24.0. The molecule has 178 valence electrons. The molecule has 0 aliphatic carbocycles. The van der Waals surface area contributed by atoms with Crippen LogP contribution in [0.4, 0.5) is 5.69 Å². The molecule has 5 rings (SSSR count). The van der Waals surface area contributed by atoms with Gasteiger partial charge in [-0.25, -0.2) is 13.9 Å². The Kier molecular flexibility index (Phi) is 5.90. The third-order valence-electron chi connectivity index (χ3n) is 6.18. The Bertz CT molecular complexity index is 1210. The SMILES string of the molecule is C[C@@H](O)[C@H]1C(=O)N2C(C(=O)OCc3ccc([N+](=O)[O-])cc3)=C(SC3CCn4c[n+](C)cc43)S[C@H]12. The van der Waals surface area contributed by atoms with Gasteiger partial charge in [-0.05, 0) is 24.6 Å². The molecule has 0 spiro atoms. The third kappa shape index (κ3) is 3.89. The van der Waals surface area contributed by atoms with Crippen molar-refractivity contribution in [3.63, 3.8) is 0 Å². The molecule has 1 N–H and O–H groups in total. The van der Waals surface area contributed by atoms with Crippen molar-refractivity contribution in [2.24, 2.45) is 13.0 Å². The highest BCUT2D eigenvalue weighted by Crippen LogP contribution is 2.57. The molecule has 1 aromatic heterocycles. The number of carbonyl (C=O) groups excluding carboxylic acids is 2. The van der Waals surface area contributed by atoms with Crippen molar-refractivity contribution in [3.8, 4) is 0 Å². The van der Waals surface area contributed by atoms with E-state index in [0.717, 1.165) is 22.9 Å². The van der Waals surface area contributed by atoms with Crippen molar-refractivity contribution >= 4 is 41.1 Å². The number of non-ortho nitro benzene ring substituents is 1. The maximum absolute atomic E-state index is 13.2. The zero-order valence-electron chi connectivity index (χ0n) is 18.5. The van der Waals surface area contributed by atoms with E-state index < -0.39 is 22.9 Å². The smallest absolute Gasteiger partial charge is 0.357 e. The molecule has 2 aromatic rings. The van der Waals surface area contributed by atoms with E-state index in [9.17, 15) is 24.8 Å². The molecule has 1 saturated heterocycles. The number of thioether (sulfide) groups is 2. The van der Waals surface area contributed by atoms with Crippen LogP contribution in [-0.2, 0) is 34.5 Å². The lowest BCUT2D eigenvalue weighted by atomic mass is 9.92. The van der Waals surface area contributed by atoms with Crippen LogP contribution in [0.5, 0.6) is 0 Å². The first-order valence-electron chi connectivity index (χ1n) is 10.8. The lowest BCUT2D eigenvalue weighted by Gasteiger charge is -2.43. The highest BCUT2D eigenvalue weighted by Gasteiger charge is 2.58. The second-order valence-corrected chi connectivity index (χ2v) is 11.1. The molecule has 34 heavy (non-hydrogen) atoms. The first-order chi connectivity index (χ1) is 16.2. The van der Waals surface area contributed by atoms with Crippen LogP contribution < -0.4 is 4.57 Å². The highest BCUT2D eigenvalue weighted by atomic mass is 32.2. The average Bonchev–Trinajstić information content (AvgIpc) is 3.43. The minimum absolute atomic E-state index is 0.0449. The molecule has 1 unspecified atom stereocenters. The van der Waals surface area contributed by atoms with Crippen LogP contribution in [0.25, 0.3) is 0 Å². The molecule has 1 aromatic carbocycles. The zero-order valence-corrected chi connectivity index (χ0v) is 20.1. The molecule has 12 heteroatoms. The van der Waals surface area contributed by atoms with Crippen LogP contribution in [-0.4, -0.2) is 42.9 Å². The van der Waals surface area contributed by atoms with Gasteiger partial charge in [0.2, 0.25) is 12.2 Å². The molecule has 1 fully saturated rings. The van der Waals surface area contributed by atoms with Crippen LogP contribution in [0, 0.1) is 16.0 Å². The number of nitrogens with zero attached hydrogens (tertiary/aromatic N) is 4. The van der Waals surface area contributed by atoms with Crippen LogP contribution in [0.3, 0.4) is 0 Å². The summed E-state index contributed by atoms with van der Waals surface area (Å²) in [5.74, 6) is -1.47. The molecule has 1 amide bonds. The lowest BCUT2D eigenvalue weighted by molar-refractivity contribution is -0.671. The molecular weight excluding hydrogens is 480 g/mol. The monoisotopic (exact) mass is 503 g/mol. The summed E-state index contributed by atoms with van der Waals surface area (Å²) in [6.07, 6.45) is 4.20. The number of amides is 1. The molecule has 0 saturated carbocycles. The molecular formula is C22H23N4O6S2+. The summed E-state index contributed by atoms with van der Waals surface area (Å²) in [5.41, 5.74) is 1.94. The number of β-lactam (4-membered cyclic amide) rings is 1. The van der Waals surface area contributed by atoms with E-state index in [1.165, 1.54) is 40.9 Å². The van der Waals surface area contributed by atoms with E-state index in [1.54, 1.807) is 18.7 Å². The van der Waals surface area contributed by atoms with Crippen molar-refractivity contribution in [1.29, 1.82) is 0 Å². The number of aliphatic hydroxyl groups is 1. The van der Waals surface area contributed by atoms with Crippen molar-refractivity contribution < 1.29 is 28.9 Å².